The number of thiazole rings is 1. The summed E-state index contributed by atoms with van der Waals surface area (Å²) in [6.07, 6.45) is 0. The van der Waals surface area contributed by atoms with Gasteiger partial charge in [0, 0.05) is 21.4 Å². The Bertz CT molecular complexity index is 1600. The number of hydrogen-bond acceptors (Lipinski definition) is 7. The molecule has 0 bridgehead atoms. The van der Waals surface area contributed by atoms with Crippen LogP contribution in [0.25, 0.3) is 0 Å². The van der Waals surface area contributed by atoms with E-state index in [1.54, 1.807) is 12.1 Å². The highest BCUT2D eigenvalue weighted by molar-refractivity contribution is 8.00. The number of thiophene rings is 1. The van der Waals surface area contributed by atoms with Gasteiger partial charge in [0.15, 0.2) is 0 Å². The Morgan fingerprint density at radius 1 is 0.921 bits per heavy atom. The second kappa shape index (κ2) is 9.68. The molecule has 4 heterocycles. The number of carbonyl (C=O) groups is 3. The maximum atomic E-state index is 13.8. The average Bonchev–Trinajstić information content (AvgIpc) is 3.59. The van der Waals surface area contributed by atoms with Gasteiger partial charge in [-0.05, 0) is 49.6 Å². The zero-order chi connectivity index (χ0) is 26.6. The van der Waals surface area contributed by atoms with Crippen LogP contribution in [0, 0.1) is 19.8 Å². The van der Waals surface area contributed by atoms with Gasteiger partial charge in [-0.1, -0.05) is 64.6 Å². The van der Waals surface area contributed by atoms with Crippen molar-refractivity contribution in [2.45, 2.75) is 36.6 Å². The minimum Gasteiger partial charge on any atom is -0.325 e. The van der Waals surface area contributed by atoms with Gasteiger partial charge in [0.2, 0.25) is 17.7 Å². The lowest BCUT2D eigenvalue weighted by Gasteiger charge is -2.29. The lowest BCUT2D eigenvalue weighted by Crippen LogP contribution is -2.32. The number of imide groups is 1. The van der Waals surface area contributed by atoms with Crippen LogP contribution in [0.3, 0.4) is 0 Å². The van der Waals surface area contributed by atoms with Gasteiger partial charge in [0.1, 0.15) is 11.8 Å². The fourth-order valence-electron chi connectivity index (χ4n) is 4.96. The molecule has 2 aromatic heterocycles. The maximum absolute atomic E-state index is 13.8. The molecule has 192 valence electrons. The molecule has 10 heteroatoms. The van der Waals surface area contributed by atoms with Crippen molar-refractivity contribution in [2.75, 3.05) is 10.2 Å². The van der Waals surface area contributed by atoms with E-state index in [9.17, 15) is 19.2 Å². The number of anilines is 2. The predicted octanol–water partition coefficient (Wildman–Crippen LogP) is 5.02. The number of carbonyl (C=O) groups excluding carboxylic acids is 3. The first-order chi connectivity index (χ1) is 18.3. The molecule has 0 aliphatic carbocycles. The Labute approximate surface area is 231 Å². The predicted molar refractivity (Wildman–Crippen MR) is 151 cm³/mol. The average molecular weight is 562 g/mol. The fourth-order valence-corrected chi connectivity index (χ4v) is 8.68. The van der Waals surface area contributed by atoms with Crippen LogP contribution in [0.5, 0.6) is 0 Å². The molecule has 3 atom stereocenters. The molecule has 3 amide bonds. The lowest BCUT2D eigenvalue weighted by atomic mass is 9.87. The molecule has 1 saturated heterocycles. The molecule has 2 unspecified atom stereocenters. The monoisotopic (exact) mass is 561 g/mol. The summed E-state index contributed by atoms with van der Waals surface area (Å²) in [5.41, 5.74) is 3.30. The van der Waals surface area contributed by atoms with E-state index in [1.165, 1.54) is 32.6 Å². The summed E-state index contributed by atoms with van der Waals surface area (Å²) in [4.78, 5) is 56.2. The van der Waals surface area contributed by atoms with Gasteiger partial charge in [0.05, 0.1) is 16.6 Å². The third-order valence-electron chi connectivity index (χ3n) is 6.83. The molecule has 0 saturated carbocycles. The molecule has 2 aliphatic heterocycles. The van der Waals surface area contributed by atoms with Crippen LogP contribution in [-0.4, -0.2) is 27.5 Å². The summed E-state index contributed by atoms with van der Waals surface area (Å²) < 4.78 is 1.44. The second-order valence-electron chi connectivity index (χ2n) is 9.44. The summed E-state index contributed by atoms with van der Waals surface area (Å²) in [5.74, 6) is -1.95. The fraction of sp³-hybridized carbons (Fsp3) is 0.214. The highest BCUT2D eigenvalue weighted by Gasteiger charge is 2.57. The van der Waals surface area contributed by atoms with Crippen molar-refractivity contribution in [3.8, 4) is 0 Å². The van der Waals surface area contributed by atoms with Gasteiger partial charge >= 0.3 is 4.87 Å². The number of amides is 3. The van der Waals surface area contributed by atoms with E-state index in [1.807, 2.05) is 67.8 Å². The van der Waals surface area contributed by atoms with E-state index in [4.69, 9.17) is 0 Å². The minimum atomic E-state index is -0.691. The number of aromatic nitrogens is 1. The van der Waals surface area contributed by atoms with E-state index in [0.717, 1.165) is 32.2 Å². The SMILES string of the molecule is Cc1ccc(NC(=O)Cn2c3c(sc2=O)[C@H](c2cccs2)C2C(=O)N(c4ccc(C)cc4)C(=O)C2S3)cc1. The Morgan fingerprint density at radius 2 is 1.61 bits per heavy atom. The van der Waals surface area contributed by atoms with Crippen molar-refractivity contribution in [1.29, 1.82) is 0 Å². The van der Waals surface area contributed by atoms with Gasteiger partial charge < -0.3 is 5.32 Å². The molecule has 0 radical (unpaired) electrons. The largest absolute Gasteiger partial charge is 0.325 e. The van der Waals surface area contributed by atoms with Crippen LogP contribution >= 0.6 is 34.4 Å². The molecule has 6 rings (SSSR count). The number of benzene rings is 2. The number of nitrogens with zero attached hydrogens (tertiary/aromatic N) is 2. The lowest BCUT2D eigenvalue weighted by molar-refractivity contribution is -0.122. The zero-order valence-corrected chi connectivity index (χ0v) is 23.0. The highest BCUT2D eigenvalue weighted by atomic mass is 32.2. The molecule has 1 N–H and O–H groups in total. The molecule has 38 heavy (non-hydrogen) atoms. The quantitative estimate of drug-likeness (QED) is 0.346. The molecule has 1 fully saturated rings. The van der Waals surface area contributed by atoms with E-state index in [2.05, 4.69) is 5.32 Å². The number of thioether (sulfide) groups is 1. The van der Waals surface area contributed by atoms with E-state index < -0.39 is 17.1 Å². The molecule has 0 spiro atoms. The first-order valence-electron chi connectivity index (χ1n) is 12.1. The molecule has 2 aliphatic rings. The number of fused-ring (bicyclic) bond motifs is 2. The van der Waals surface area contributed by atoms with Crippen molar-refractivity contribution in [2.24, 2.45) is 5.92 Å². The third-order valence-corrected chi connectivity index (χ3v) is 10.4. The first kappa shape index (κ1) is 24.8. The summed E-state index contributed by atoms with van der Waals surface area (Å²) in [6.45, 7) is 3.74. The van der Waals surface area contributed by atoms with Gasteiger partial charge in [-0.25, -0.2) is 4.90 Å². The normalized spacial score (nSPS) is 20.4. The topological polar surface area (TPSA) is 88.5 Å². The van der Waals surface area contributed by atoms with Gasteiger partial charge in [-0.3, -0.25) is 23.7 Å². The van der Waals surface area contributed by atoms with Crippen LogP contribution in [0.4, 0.5) is 11.4 Å². The van der Waals surface area contributed by atoms with Crippen molar-refractivity contribution < 1.29 is 14.4 Å². The second-order valence-corrected chi connectivity index (χ2v) is 12.5. The minimum absolute atomic E-state index is 0.177. The van der Waals surface area contributed by atoms with Gasteiger partial charge in [0.25, 0.3) is 0 Å². The Hall–Kier alpha value is -3.47. The van der Waals surface area contributed by atoms with Crippen LogP contribution < -0.4 is 15.1 Å². The van der Waals surface area contributed by atoms with E-state index in [0.29, 0.717) is 16.4 Å². The standard InChI is InChI=1S/C28H23N3O4S3/c1-15-5-9-17(10-6-15)29-20(32)14-30-27-24(38-28(30)35)21(19-4-3-13-36-19)22-23(37-27)26(34)31(25(22)33)18-11-7-16(2)8-12-18/h3-13,21-23H,14H2,1-2H3,(H,29,32)/t21-,22?,23?/m1/s1. The molecule has 4 aromatic rings. The van der Waals surface area contributed by atoms with Crippen LogP contribution in [0.2, 0.25) is 0 Å². The van der Waals surface area contributed by atoms with Crippen molar-refractivity contribution in [3.05, 3.63) is 96.6 Å². The first-order valence-corrected chi connectivity index (χ1v) is 14.6. The molecule has 2 aromatic carbocycles. The summed E-state index contributed by atoms with van der Waals surface area (Å²) in [7, 11) is 0. The van der Waals surface area contributed by atoms with Gasteiger partial charge in [-0.2, -0.15) is 0 Å². The van der Waals surface area contributed by atoms with Crippen molar-refractivity contribution >= 4 is 63.5 Å². The highest BCUT2D eigenvalue weighted by Crippen LogP contribution is 2.54. The Kier molecular flexibility index (Phi) is 6.33. The van der Waals surface area contributed by atoms with Crippen LogP contribution in [0.1, 0.15) is 26.8 Å². The van der Waals surface area contributed by atoms with E-state index >= 15 is 0 Å². The summed E-state index contributed by atoms with van der Waals surface area (Å²) in [5, 5.41) is 4.67. The van der Waals surface area contributed by atoms with Crippen molar-refractivity contribution in [3.63, 3.8) is 0 Å². The summed E-state index contributed by atoms with van der Waals surface area (Å²) in [6, 6.07) is 18.6. The van der Waals surface area contributed by atoms with Gasteiger partial charge in [-0.15, -0.1) is 11.3 Å². The third kappa shape index (κ3) is 4.22. The number of nitrogens with one attached hydrogen (secondary N) is 1. The maximum Gasteiger partial charge on any atom is 0.308 e. The van der Waals surface area contributed by atoms with Crippen LogP contribution in [-0.2, 0) is 20.9 Å². The Morgan fingerprint density at radius 3 is 2.26 bits per heavy atom. The summed E-state index contributed by atoms with van der Waals surface area (Å²) >= 11 is 3.78. The van der Waals surface area contributed by atoms with Crippen molar-refractivity contribution in [1.82, 2.24) is 4.57 Å². The smallest absolute Gasteiger partial charge is 0.308 e. The van der Waals surface area contributed by atoms with Crippen LogP contribution in [0.15, 0.2) is 75.9 Å². The molecular weight excluding hydrogens is 539 g/mol. The van der Waals surface area contributed by atoms with E-state index in [-0.39, 0.29) is 29.1 Å². The number of aryl methyl sites for hydroxylation is 2. The Balaban J connectivity index is 1.38. The number of rotatable bonds is 5. The molecular formula is C28H23N3O4S3. The number of hydrogen-bond donors (Lipinski definition) is 1. The molecule has 7 nitrogen and oxygen atoms in total. The zero-order valence-electron chi connectivity index (χ0n) is 20.5.